The van der Waals surface area contributed by atoms with Gasteiger partial charge in [-0.15, -0.1) is 10.2 Å². The number of aromatic nitrogens is 4. The summed E-state index contributed by atoms with van der Waals surface area (Å²) in [7, 11) is 0. The number of hydrazone groups is 1. The second-order valence-corrected chi connectivity index (χ2v) is 9.04. The number of allylic oxidation sites excluding steroid dienone is 1. The molecular formula is C27H24N6O5. The summed E-state index contributed by atoms with van der Waals surface area (Å²) in [6.07, 6.45) is 7.79. The van der Waals surface area contributed by atoms with Gasteiger partial charge in [0.15, 0.2) is 13.2 Å². The van der Waals surface area contributed by atoms with Crippen molar-refractivity contribution in [2.45, 2.75) is 31.8 Å². The topological polar surface area (TPSA) is 129 Å². The Bertz CT molecular complexity index is 1470. The molecule has 0 bridgehead atoms. The van der Waals surface area contributed by atoms with E-state index in [9.17, 15) is 9.59 Å². The molecule has 0 spiro atoms. The summed E-state index contributed by atoms with van der Waals surface area (Å²) in [4.78, 5) is 26.9. The van der Waals surface area contributed by atoms with E-state index < -0.39 is 24.5 Å². The van der Waals surface area contributed by atoms with Crippen LogP contribution in [0, 0.1) is 5.92 Å². The van der Waals surface area contributed by atoms with Crippen LogP contribution in [-0.4, -0.2) is 49.4 Å². The van der Waals surface area contributed by atoms with Crippen LogP contribution in [0.1, 0.15) is 36.8 Å². The normalized spacial score (nSPS) is 19.8. The summed E-state index contributed by atoms with van der Waals surface area (Å²) in [5.74, 6) is 0.612. The number of rotatable bonds is 7. The molecule has 1 amide bonds. The second-order valence-electron chi connectivity index (χ2n) is 9.04. The molecule has 2 aliphatic rings. The Balaban J connectivity index is 1.16. The minimum absolute atomic E-state index is 0.0356. The summed E-state index contributed by atoms with van der Waals surface area (Å²) in [5, 5.41) is 18.2. The lowest BCUT2D eigenvalue weighted by Gasteiger charge is -2.27. The van der Waals surface area contributed by atoms with E-state index in [1.807, 2.05) is 54.6 Å². The van der Waals surface area contributed by atoms with Crippen LogP contribution < -0.4 is 0 Å². The monoisotopic (exact) mass is 512 g/mol. The molecule has 6 rings (SSSR count). The van der Waals surface area contributed by atoms with Gasteiger partial charge in [-0.2, -0.15) is 9.90 Å². The van der Waals surface area contributed by atoms with E-state index in [4.69, 9.17) is 18.7 Å². The predicted molar refractivity (Wildman–Crippen MR) is 134 cm³/mol. The fourth-order valence-corrected chi connectivity index (χ4v) is 4.87. The highest BCUT2D eigenvalue weighted by atomic mass is 16.5. The van der Waals surface area contributed by atoms with E-state index in [1.165, 1.54) is 5.01 Å². The fraction of sp³-hybridized carbons (Fsp3) is 0.259. The van der Waals surface area contributed by atoms with Gasteiger partial charge in [0.2, 0.25) is 5.82 Å². The maximum atomic E-state index is 13.3. The number of nitrogens with zero attached hydrogens (tertiary/aromatic N) is 6. The molecule has 0 saturated heterocycles. The van der Waals surface area contributed by atoms with Gasteiger partial charge in [-0.25, -0.2) is 9.80 Å². The number of benzene rings is 1. The highest BCUT2D eigenvalue weighted by Gasteiger charge is 2.45. The molecule has 3 aromatic heterocycles. The van der Waals surface area contributed by atoms with E-state index in [2.05, 4.69) is 15.4 Å². The van der Waals surface area contributed by atoms with Crippen molar-refractivity contribution in [2.24, 2.45) is 11.0 Å². The minimum atomic E-state index is -0.660. The van der Waals surface area contributed by atoms with Crippen LogP contribution in [0.15, 0.2) is 86.6 Å². The summed E-state index contributed by atoms with van der Waals surface area (Å²) < 4.78 is 16.5. The van der Waals surface area contributed by atoms with Gasteiger partial charge in [0.1, 0.15) is 17.6 Å². The average molecular weight is 513 g/mol. The number of amides is 1. The van der Waals surface area contributed by atoms with Gasteiger partial charge in [0.25, 0.3) is 5.91 Å². The molecule has 192 valence electrons. The Morgan fingerprint density at radius 1 is 1.05 bits per heavy atom. The molecule has 1 aliphatic heterocycles. The van der Waals surface area contributed by atoms with Crippen molar-refractivity contribution < 1.29 is 23.2 Å². The number of fused-ring (bicyclic) bond motifs is 1. The van der Waals surface area contributed by atoms with Gasteiger partial charge in [-0.05, 0) is 60.4 Å². The largest absolute Gasteiger partial charge is 0.467 e. The zero-order valence-electron chi connectivity index (χ0n) is 20.3. The van der Waals surface area contributed by atoms with E-state index in [0.29, 0.717) is 11.6 Å². The number of carbonyl (C=O) groups is 2. The highest BCUT2D eigenvalue weighted by molar-refractivity contribution is 6.08. The number of tetrazole rings is 1. The Morgan fingerprint density at radius 3 is 2.68 bits per heavy atom. The van der Waals surface area contributed by atoms with Gasteiger partial charge in [0, 0.05) is 11.5 Å². The molecule has 1 fully saturated rings. The third-order valence-electron chi connectivity index (χ3n) is 6.56. The first-order chi connectivity index (χ1) is 18.7. The summed E-state index contributed by atoms with van der Waals surface area (Å²) >= 11 is 0. The van der Waals surface area contributed by atoms with Gasteiger partial charge in [-0.1, -0.05) is 30.3 Å². The first kappa shape index (κ1) is 23.6. The number of ether oxygens (including phenoxy) is 1. The van der Waals surface area contributed by atoms with Crippen LogP contribution in [0.5, 0.6) is 0 Å². The summed E-state index contributed by atoms with van der Waals surface area (Å²) in [6.45, 7) is -0.751. The van der Waals surface area contributed by atoms with Crippen LogP contribution in [0.2, 0.25) is 0 Å². The molecule has 1 aromatic carbocycles. The van der Waals surface area contributed by atoms with Gasteiger partial charge in [-0.3, -0.25) is 4.79 Å². The fourth-order valence-electron chi connectivity index (χ4n) is 4.87. The van der Waals surface area contributed by atoms with Crippen molar-refractivity contribution >= 4 is 23.7 Å². The second kappa shape index (κ2) is 10.3. The van der Waals surface area contributed by atoms with Crippen molar-refractivity contribution in [1.29, 1.82) is 0 Å². The lowest BCUT2D eigenvalue weighted by Crippen LogP contribution is -2.34. The molecule has 1 aliphatic carbocycles. The minimum Gasteiger partial charge on any atom is -0.467 e. The Morgan fingerprint density at radius 2 is 1.89 bits per heavy atom. The number of hydrogen-bond acceptors (Lipinski definition) is 9. The van der Waals surface area contributed by atoms with Crippen molar-refractivity contribution in [3.63, 3.8) is 0 Å². The molecule has 2 unspecified atom stereocenters. The highest BCUT2D eigenvalue weighted by Crippen LogP contribution is 2.44. The van der Waals surface area contributed by atoms with E-state index in [1.54, 1.807) is 18.6 Å². The van der Waals surface area contributed by atoms with Crippen molar-refractivity contribution in [3.05, 3.63) is 84.2 Å². The van der Waals surface area contributed by atoms with Crippen molar-refractivity contribution in [2.75, 3.05) is 6.61 Å². The lowest BCUT2D eigenvalue weighted by molar-refractivity contribution is -0.154. The third-order valence-corrected chi connectivity index (χ3v) is 6.56. The number of esters is 1. The van der Waals surface area contributed by atoms with E-state index in [0.717, 1.165) is 46.7 Å². The molecule has 4 aromatic rings. The van der Waals surface area contributed by atoms with Crippen LogP contribution >= 0.6 is 0 Å². The smallest absolute Gasteiger partial charge is 0.330 e. The molecular weight excluding hydrogens is 488 g/mol. The molecule has 0 radical (unpaired) electrons. The zero-order chi connectivity index (χ0) is 25.9. The van der Waals surface area contributed by atoms with Crippen LogP contribution in [0.3, 0.4) is 0 Å². The molecule has 38 heavy (non-hydrogen) atoms. The average Bonchev–Trinajstić information content (AvgIpc) is 3.75. The molecule has 11 heteroatoms. The Hall–Kier alpha value is -4.80. The first-order valence-electron chi connectivity index (χ1n) is 12.3. The molecule has 2 atom stereocenters. The molecule has 11 nitrogen and oxygen atoms in total. The van der Waals surface area contributed by atoms with Crippen LogP contribution in [0.4, 0.5) is 0 Å². The first-order valence-corrected chi connectivity index (χ1v) is 12.3. The van der Waals surface area contributed by atoms with Gasteiger partial charge in [0.05, 0.1) is 18.2 Å². The van der Waals surface area contributed by atoms with Crippen LogP contribution in [0.25, 0.3) is 17.5 Å². The SMILES string of the molecule is O=C(Cn1nnc(-c2ccccc2)n1)OCC(=O)N1N=C2C(=Cc3ccco3)CCCC2C1c1ccco1. The summed E-state index contributed by atoms with van der Waals surface area (Å²) in [6, 6.07) is 16.2. The number of carbonyl (C=O) groups excluding carboxylic acids is 2. The zero-order valence-corrected chi connectivity index (χ0v) is 20.3. The van der Waals surface area contributed by atoms with Gasteiger partial charge >= 0.3 is 5.97 Å². The third kappa shape index (κ3) is 4.77. The molecule has 1 saturated carbocycles. The van der Waals surface area contributed by atoms with Crippen molar-refractivity contribution in [3.8, 4) is 11.4 Å². The maximum absolute atomic E-state index is 13.3. The Labute approximate surface area is 217 Å². The maximum Gasteiger partial charge on any atom is 0.330 e. The lowest BCUT2D eigenvalue weighted by atomic mass is 9.79. The Kier molecular flexibility index (Phi) is 6.39. The molecule has 4 heterocycles. The summed E-state index contributed by atoms with van der Waals surface area (Å²) in [5.41, 5.74) is 2.63. The van der Waals surface area contributed by atoms with Gasteiger partial charge < -0.3 is 13.6 Å². The van der Waals surface area contributed by atoms with Crippen molar-refractivity contribution in [1.82, 2.24) is 25.2 Å². The predicted octanol–water partition coefficient (Wildman–Crippen LogP) is 3.89. The van der Waals surface area contributed by atoms with E-state index in [-0.39, 0.29) is 12.5 Å². The number of hydrogen-bond donors (Lipinski definition) is 0. The van der Waals surface area contributed by atoms with E-state index >= 15 is 0 Å². The molecule has 0 N–H and O–H groups in total. The quantitative estimate of drug-likeness (QED) is 0.341. The van der Waals surface area contributed by atoms with Crippen LogP contribution in [-0.2, 0) is 20.9 Å². The number of furan rings is 2. The standard InChI is InChI=1S/C27H24N6O5/c34-23(17-38-24(35)16-32-30-27(28-31-32)18-7-2-1-3-8-18)33-26(22-12-6-14-37-22)21-11-4-9-19(25(21)29-33)15-20-10-5-13-36-20/h1-3,5-8,10,12-15,21,26H,4,9,11,16-17H2.